The molecule has 0 aromatic carbocycles. The molecule has 0 radical (unpaired) electrons. The average molecular weight is 254 g/mol. The minimum Gasteiger partial charge on any atom is -0.618 e. The fraction of sp³-hybridized carbons (Fsp3) is 0.455. The molecule has 1 saturated heterocycles. The van der Waals surface area contributed by atoms with Gasteiger partial charge in [0, 0.05) is 25.2 Å². The van der Waals surface area contributed by atoms with Crippen molar-refractivity contribution in [3.63, 3.8) is 0 Å². The summed E-state index contributed by atoms with van der Waals surface area (Å²) in [6.45, 7) is 2.49. The maximum atomic E-state index is 11.8. The summed E-state index contributed by atoms with van der Waals surface area (Å²) in [5.41, 5.74) is 0. The zero-order valence-electron chi connectivity index (χ0n) is 9.37. The van der Waals surface area contributed by atoms with Crippen LogP contribution in [0.3, 0.4) is 0 Å². The Morgan fingerprint density at radius 2 is 2.24 bits per heavy atom. The second-order valence-corrected chi connectivity index (χ2v) is 4.64. The Morgan fingerprint density at radius 3 is 2.94 bits per heavy atom. The summed E-state index contributed by atoms with van der Waals surface area (Å²) < 4.78 is 5.95. The number of amides is 1. The first-order valence-corrected chi connectivity index (χ1v) is 6.42. The van der Waals surface area contributed by atoms with E-state index < -0.39 is 0 Å². The number of pyridine rings is 1. The zero-order valence-corrected chi connectivity index (χ0v) is 10.2. The van der Waals surface area contributed by atoms with Crippen molar-refractivity contribution in [2.24, 2.45) is 0 Å². The van der Waals surface area contributed by atoms with E-state index in [-0.39, 0.29) is 5.91 Å². The van der Waals surface area contributed by atoms with Crippen LogP contribution in [0.4, 0.5) is 0 Å². The lowest BCUT2D eigenvalue weighted by Gasteiger charge is -2.26. The normalized spacial score (nSPS) is 15.9. The third-order valence-electron chi connectivity index (χ3n) is 2.50. The highest BCUT2D eigenvalue weighted by Gasteiger charge is 2.18. The number of rotatable bonds is 3. The molecule has 1 aromatic rings. The van der Waals surface area contributed by atoms with Crippen LogP contribution >= 0.6 is 11.8 Å². The van der Waals surface area contributed by atoms with Crippen LogP contribution in [0.5, 0.6) is 0 Å². The van der Waals surface area contributed by atoms with Gasteiger partial charge in [-0.25, -0.2) is 0 Å². The van der Waals surface area contributed by atoms with Crippen molar-refractivity contribution in [1.29, 1.82) is 0 Å². The standard InChI is InChI=1S/C11H14N2O3S/c14-10(12-5-7-16-8-6-12)9-17-11-3-1-2-4-13(11)15/h1-4H,5-9H2. The highest BCUT2D eigenvalue weighted by molar-refractivity contribution is 7.99. The summed E-state index contributed by atoms with van der Waals surface area (Å²) in [5.74, 6) is 0.355. The predicted molar refractivity (Wildman–Crippen MR) is 63.5 cm³/mol. The van der Waals surface area contributed by atoms with Crippen molar-refractivity contribution in [2.75, 3.05) is 32.1 Å². The van der Waals surface area contributed by atoms with Gasteiger partial charge in [-0.15, -0.1) is 0 Å². The number of hydrogen-bond acceptors (Lipinski definition) is 4. The number of thioether (sulfide) groups is 1. The SMILES string of the molecule is O=C(CSc1cccc[n+]1[O-])N1CCOCC1. The summed E-state index contributed by atoms with van der Waals surface area (Å²) in [6, 6.07) is 5.17. The third kappa shape index (κ3) is 3.34. The minimum absolute atomic E-state index is 0.0575. The van der Waals surface area contributed by atoms with Gasteiger partial charge in [0.05, 0.1) is 19.0 Å². The summed E-state index contributed by atoms with van der Waals surface area (Å²) in [6.07, 6.45) is 1.43. The van der Waals surface area contributed by atoms with Gasteiger partial charge in [0.25, 0.3) is 5.03 Å². The monoisotopic (exact) mass is 254 g/mol. The molecule has 2 heterocycles. The Labute approximate surface area is 104 Å². The fourth-order valence-corrected chi connectivity index (χ4v) is 2.38. The van der Waals surface area contributed by atoms with E-state index in [0.29, 0.717) is 37.1 Å². The molecule has 0 spiro atoms. The van der Waals surface area contributed by atoms with Gasteiger partial charge < -0.3 is 14.8 Å². The molecule has 17 heavy (non-hydrogen) atoms. The molecule has 5 nitrogen and oxygen atoms in total. The first-order chi connectivity index (χ1) is 8.27. The number of hydrogen-bond donors (Lipinski definition) is 0. The van der Waals surface area contributed by atoms with Crippen molar-refractivity contribution in [3.8, 4) is 0 Å². The molecule has 0 saturated carbocycles. The molecule has 92 valence electrons. The molecule has 1 fully saturated rings. The molecular formula is C11H14N2O3S. The molecule has 1 aliphatic rings. The van der Waals surface area contributed by atoms with Crippen LogP contribution in [0.1, 0.15) is 0 Å². The molecule has 1 aliphatic heterocycles. The number of nitrogens with zero attached hydrogens (tertiary/aromatic N) is 2. The Bertz CT molecular complexity index is 394. The van der Waals surface area contributed by atoms with Gasteiger partial charge in [-0.05, 0) is 17.8 Å². The summed E-state index contributed by atoms with van der Waals surface area (Å²) in [4.78, 5) is 13.6. The van der Waals surface area contributed by atoms with Crippen molar-refractivity contribution in [3.05, 3.63) is 29.6 Å². The largest absolute Gasteiger partial charge is 0.618 e. The van der Waals surface area contributed by atoms with E-state index in [9.17, 15) is 10.0 Å². The minimum atomic E-state index is 0.0575. The summed E-state index contributed by atoms with van der Waals surface area (Å²) in [7, 11) is 0. The van der Waals surface area contributed by atoms with E-state index in [0.717, 1.165) is 4.73 Å². The van der Waals surface area contributed by atoms with Crippen molar-refractivity contribution >= 4 is 17.7 Å². The molecule has 0 unspecified atom stereocenters. The Balaban J connectivity index is 1.85. The molecule has 0 aliphatic carbocycles. The zero-order chi connectivity index (χ0) is 12.1. The van der Waals surface area contributed by atoms with Crippen molar-refractivity contribution in [2.45, 2.75) is 5.03 Å². The van der Waals surface area contributed by atoms with Crippen molar-refractivity contribution < 1.29 is 14.3 Å². The van der Waals surface area contributed by atoms with Crippen LogP contribution in [0.25, 0.3) is 0 Å². The first-order valence-electron chi connectivity index (χ1n) is 5.44. The maximum absolute atomic E-state index is 11.8. The topological polar surface area (TPSA) is 56.5 Å². The smallest absolute Gasteiger partial charge is 0.251 e. The molecule has 0 N–H and O–H groups in total. The highest BCUT2D eigenvalue weighted by Crippen LogP contribution is 2.13. The lowest BCUT2D eigenvalue weighted by molar-refractivity contribution is -0.645. The second-order valence-electron chi connectivity index (χ2n) is 3.65. The van der Waals surface area contributed by atoms with E-state index in [2.05, 4.69) is 0 Å². The van der Waals surface area contributed by atoms with E-state index in [1.807, 2.05) is 0 Å². The van der Waals surface area contributed by atoms with Crippen molar-refractivity contribution in [1.82, 2.24) is 4.90 Å². The molecular weight excluding hydrogens is 240 g/mol. The van der Waals surface area contributed by atoms with Crippen LogP contribution in [0.2, 0.25) is 0 Å². The Kier molecular flexibility index (Phi) is 4.22. The number of ether oxygens (including phenoxy) is 1. The van der Waals surface area contributed by atoms with E-state index in [4.69, 9.17) is 4.74 Å². The average Bonchev–Trinajstić information content (AvgIpc) is 2.38. The molecule has 2 rings (SSSR count). The number of carbonyl (C=O) groups excluding carboxylic acids is 1. The van der Waals surface area contributed by atoms with E-state index >= 15 is 0 Å². The molecule has 0 bridgehead atoms. The Morgan fingerprint density at radius 1 is 1.47 bits per heavy atom. The summed E-state index contributed by atoms with van der Waals surface area (Å²) >= 11 is 1.27. The predicted octanol–water partition coefficient (Wildman–Crippen LogP) is 0.271. The lowest BCUT2D eigenvalue weighted by atomic mass is 10.4. The number of morpholine rings is 1. The second kappa shape index (κ2) is 5.88. The Hall–Kier alpha value is -1.27. The highest BCUT2D eigenvalue weighted by atomic mass is 32.2. The van der Waals surface area contributed by atoms with Gasteiger partial charge in [0.1, 0.15) is 0 Å². The quantitative estimate of drug-likeness (QED) is 0.441. The molecule has 1 aromatic heterocycles. The first kappa shape index (κ1) is 12.2. The van der Waals surface area contributed by atoms with E-state index in [1.165, 1.54) is 18.0 Å². The maximum Gasteiger partial charge on any atom is 0.251 e. The third-order valence-corrected chi connectivity index (χ3v) is 3.50. The molecule has 1 amide bonds. The fourth-order valence-electron chi connectivity index (χ4n) is 1.56. The van der Waals surface area contributed by atoms with Crippen LogP contribution in [-0.4, -0.2) is 42.9 Å². The van der Waals surface area contributed by atoms with Gasteiger partial charge in [0.15, 0.2) is 6.20 Å². The van der Waals surface area contributed by atoms with Crippen LogP contribution < -0.4 is 4.73 Å². The van der Waals surface area contributed by atoms with Gasteiger partial charge in [0.2, 0.25) is 5.91 Å². The van der Waals surface area contributed by atoms with Crippen LogP contribution in [-0.2, 0) is 9.53 Å². The molecule has 6 heteroatoms. The molecule has 0 atom stereocenters. The summed E-state index contributed by atoms with van der Waals surface area (Å²) in [5, 5.41) is 11.9. The van der Waals surface area contributed by atoms with Crippen LogP contribution in [0, 0.1) is 5.21 Å². The van der Waals surface area contributed by atoms with Gasteiger partial charge >= 0.3 is 0 Å². The lowest BCUT2D eigenvalue weighted by Crippen LogP contribution is -2.41. The van der Waals surface area contributed by atoms with Gasteiger partial charge in [-0.3, -0.25) is 4.79 Å². The number of carbonyl (C=O) groups is 1. The van der Waals surface area contributed by atoms with E-state index in [1.54, 1.807) is 23.1 Å². The number of aromatic nitrogens is 1. The van der Waals surface area contributed by atoms with Gasteiger partial charge in [-0.2, -0.15) is 4.73 Å². The van der Waals surface area contributed by atoms with Crippen LogP contribution in [0.15, 0.2) is 29.4 Å². The van der Waals surface area contributed by atoms with Gasteiger partial charge in [-0.1, -0.05) is 0 Å².